The number of amidine groups is 1. The summed E-state index contributed by atoms with van der Waals surface area (Å²) in [7, 11) is -8.25. The van der Waals surface area contributed by atoms with Crippen molar-refractivity contribution in [2.24, 2.45) is 4.40 Å². The minimum Gasteiger partial charge on any atom is -0.471 e. The molecule has 1 aromatic rings. The number of carbonyl (C=O) groups is 3. The van der Waals surface area contributed by atoms with Crippen molar-refractivity contribution in [3.05, 3.63) is 23.8 Å². The van der Waals surface area contributed by atoms with Gasteiger partial charge in [0.25, 0.3) is 21.8 Å². The molecule has 1 aromatic heterocycles. The van der Waals surface area contributed by atoms with Crippen molar-refractivity contribution in [1.29, 1.82) is 5.41 Å². The summed E-state index contributed by atoms with van der Waals surface area (Å²) in [6.45, 7) is 10.4. The number of thiophene rings is 1. The van der Waals surface area contributed by atoms with E-state index in [2.05, 4.69) is 27.8 Å². The van der Waals surface area contributed by atoms with E-state index in [4.69, 9.17) is 24.4 Å². The molecule has 4 N–H and O–H groups in total. The van der Waals surface area contributed by atoms with E-state index in [0.717, 1.165) is 6.08 Å². The van der Waals surface area contributed by atoms with Gasteiger partial charge in [-0.05, 0) is 59.5 Å². The molecule has 17 nitrogen and oxygen atoms in total. The Hall–Kier alpha value is -3.08. The largest absolute Gasteiger partial charge is 0.471 e. The number of morpholine rings is 1. The van der Waals surface area contributed by atoms with E-state index in [1.54, 1.807) is 16.5 Å². The number of nitrogens with zero attached hydrogens (tertiary/aromatic N) is 2. The van der Waals surface area contributed by atoms with E-state index in [9.17, 15) is 31.2 Å². The third-order valence-electron chi connectivity index (χ3n) is 7.26. The molecule has 0 spiro atoms. The van der Waals surface area contributed by atoms with Gasteiger partial charge in [-0.25, -0.2) is 31.1 Å². The second-order valence-corrected chi connectivity index (χ2v) is 18.1. The molecule has 0 unspecified atom stereocenters. The predicted octanol–water partition coefficient (Wildman–Crippen LogP) is 0.738. The number of hydrogen-bond donors (Lipinski definition) is 5. The van der Waals surface area contributed by atoms with Gasteiger partial charge < -0.3 is 34.5 Å². The van der Waals surface area contributed by atoms with Crippen LogP contribution in [0.5, 0.6) is 0 Å². The second kappa shape index (κ2) is 17.9. The van der Waals surface area contributed by atoms with Gasteiger partial charge in [-0.2, -0.15) is 4.40 Å². The van der Waals surface area contributed by atoms with Crippen molar-refractivity contribution in [1.82, 2.24) is 20.3 Å². The van der Waals surface area contributed by atoms with E-state index >= 15 is 0 Å². The number of fused-ring (bicyclic) bond motifs is 1. The maximum absolute atomic E-state index is 12.9. The SMILES string of the molecule is CCN[C@H]1C[C@H](C)S(=O)(=O)c2sc(S(=O)(=O)NC(=O)COC(=O)/C=C\C(=O)O[C@@H](CNC(C)(C)C)COC(=N)/C(=N\S)N3CCOCC3)cc21. The third kappa shape index (κ3) is 11.7. The van der Waals surface area contributed by atoms with Gasteiger partial charge >= 0.3 is 11.9 Å². The minimum absolute atomic E-state index is 0.0797. The van der Waals surface area contributed by atoms with Crippen LogP contribution in [-0.4, -0.2) is 121 Å². The highest BCUT2D eigenvalue weighted by Crippen LogP contribution is 2.42. The van der Waals surface area contributed by atoms with Gasteiger partial charge in [0.1, 0.15) is 21.1 Å². The molecule has 0 aliphatic carbocycles. The highest BCUT2D eigenvalue weighted by atomic mass is 32.3. The first kappa shape index (κ1) is 41.3. The number of sulfonamides is 1. The number of thiol groups is 1. The molecular formula is C29H44N6O11S4. The highest BCUT2D eigenvalue weighted by molar-refractivity contribution is 7.95. The van der Waals surface area contributed by atoms with Crippen LogP contribution < -0.4 is 15.4 Å². The molecule has 0 bridgehead atoms. The van der Waals surface area contributed by atoms with E-state index in [0.29, 0.717) is 55.8 Å². The van der Waals surface area contributed by atoms with Gasteiger partial charge in [0, 0.05) is 48.9 Å². The third-order valence-corrected chi connectivity index (χ3v) is 13.2. The number of nitrogens with one attached hydrogen (secondary N) is 4. The number of amides is 1. The van der Waals surface area contributed by atoms with Gasteiger partial charge in [-0.15, -0.1) is 11.3 Å². The zero-order chi connectivity index (χ0) is 37.3. The van der Waals surface area contributed by atoms with Crippen LogP contribution >= 0.6 is 24.2 Å². The molecule has 3 heterocycles. The highest BCUT2D eigenvalue weighted by Gasteiger charge is 2.39. The van der Waals surface area contributed by atoms with Crippen molar-refractivity contribution in [3.8, 4) is 0 Å². The van der Waals surface area contributed by atoms with Crippen LogP contribution in [0.3, 0.4) is 0 Å². The van der Waals surface area contributed by atoms with Crippen LogP contribution in [0.4, 0.5) is 0 Å². The zero-order valence-corrected chi connectivity index (χ0v) is 31.7. The van der Waals surface area contributed by atoms with E-state index in [1.807, 2.05) is 27.7 Å². The maximum Gasteiger partial charge on any atom is 0.331 e. The fourth-order valence-electron chi connectivity index (χ4n) is 4.75. The van der Waals surface area contributed by atoms with Crippen LogP contribution in [-0.2, 0) is 53.2 Å². The summed E-state index contributed by atoms with van der Waals surface area (Å²) < 4.78 is 77.8. The zero-order valence-electron chi connectivity index (χ0n) is 28.4. The van der Waals surface area contributed by atoms with E-state index in [-0.39, 0.29) is 51.3 Å². The molecule has 1 fully saturated rings. The summed E-state index contributed by atoms with van der Waals surface area (Å²) in [6.07, 6.45) is 0.821. The summed E-state index contributed by atoms with van der Waals surface area (Å²) in [5, 5.41) is 13.9. The van der Waals surface area contributed by atoms with Crippen LogP contribution in [0.1, 0.15) is 52.6 Å². The van der Waals surface area contributed by atoms with Gasteiger partial charge in [0.05, 0.1) is 18.5 Å². The second-order valence-electron chi connectivity index (χ2n) is 12.3. The van der Waals surface area contributed by atoms with Gasteiger partial charge in [0.2, 0.25) is 0 Å². The first-order chi connectivity index (χ1) is 23.4. The summed E-state index contributed by atoms with van der Waals surface area (Å²) in [5.74, 6) is -3.39. The Morgan fingerprint density at radius 2 is 1.86 bits per heavy atom. The Bertz CT molecular complexity index is 1680. The van der Waals surface area contributed by atoms with Crippen LogP contribution in [0.25, 0.3) is 0 Å². The molecule has 2 aliphatic rings. The fourth-order valence-corrected chi connectivity index (χ4v) is 9.93. The number of ether oxygens (including phenoxy) is 4. The normalized spacial score (nSPS) is 20.1. The average molecular weight is 781 g/mol. The number of carbonyl (C=O) groups excluding carboxylic acids is 3. The number of rotatable bonds is 13. The van der Waals surface area contributed by atoms with Gasteiger partial charge in [-0.3, -0.25) is 10.2 Å². The number of sulfone groups is 1. The molecule has 0 radical (unpaired) electrons. The summed E-state index contributed by atoms with van der Waals surface area (Å²) in [6, 6.07) is 0.845. The molecular weight excluding hydrogens is 737 g/mol. The average Bonchev–Trinajstić information content (AvgIpc) is 3.52. The molecule has 1 saturated heterocycles. The van der Waals surface area contributed by atoms with E-state index < -0.39 is 55.7 Å². The molecule has 21 heteroatoms. The lowest BCUT2D eigenvalue weighted by Crippen LogP contribution is -2.46. The lowest BCUT2D eigenvalue weighted by Gasteiger charge is -2.30. The predicted molar refractivity (Wildman–Crippen MR) is 188 cm³/mol. The Kier molecular flexibility index (Phi) is 14.8. The quantitative estimate of drug-likeness (QED) is 0.0612. The topological polar surface area (TPSA) is 232 Å². The Labute approximate surface area is 301 Å². The first-order valence-electron chi connectivity index (χ1n) is 15.6. The number of hydrogen-bond acceptors (Lipinski definition) is 17. The summed E-state index contributed by atoms with van der Waals surface area (Å²) in [5.41, 5.74) is -0.0395. The van der Waals surface area contributed by atoms with E-state index in [1.165, 1.54) is 6.07 Å². The first-order valence-corrected chi connectivity index (χ1v) is 19.9. The fraction of sp³-hybridized carbons (Fsp3) is 0.621. The van der Waals surface area contributed by atoms with Gasteiger partial charge in [-0.1, -0.05) is 6.92 Å². The molecule has 50 heavy (non-hydrogen) atoms. The van der Waals surface area contributed by atoms with Crippen LogP contribution in [0.2, 0.25) is 0 Å². The van der Waals surface area contributed by atoms with Crippen molar-refractivity contribution >= 4 is 73.6 Å². The molecule has 1 amide bonds. The lowest BCUT2D eigenvalue weighted by molar-refractivity contribution is -0.146. The smallest absolute Gasteiger partial charge is 0.331 e. The minimum atomic E-state index is -4.50. The van der Waals surface area contributed by atoms with Crippen LogP contribution in [0, 0.1) is 5.41 Å². The van der Waals surface area contributed by atoms with Gasteiger partial charge in [0.15, 0.2) is 22.3 Å². The molecule has 0 aromatic carbocycles. The molecule has 3 rings (SSSR count). The summed E-state index contributed by atoms with van der Waals surface area (Å²) >= 11 is 4.49. The number of esters is 2. The summed E-state index contributed by atoms with van der Waals surface area (Å²) in [4.78, 5) is 38.9. The van der Waals surface area contributed by atoms with Crippen molar-refractivity contribution in [2.75, 3.05) is 52.6 Å². The Morgan fingerprint density at radius 1 is 1.20 bits per heavy atom. The lowest BCUT2D eigenvalue weighted by atomic mass is 10.1. The Balaban J connectivity index is 1.55. The molecule has 2 aliphatic heterocycles. The Morgan fingerprint density at radius 3 is 2.48 bits per heavy atom. The van der Waals surface area contributed by atoms with Crippen molar-refractivity contribution in [2.45, 2.75) is 72.4 Å². The standard InChI is InChI=1S/C29H44N6O11S4/c1-6-31-21-13-18(2)49(39,40)28-20(21)14-25(48-28)50(41,42)34-22(36)17-44-23(37)7-8-24(38)46-19(15-32-29(3,4)5)16-45-26(30)27(33-47)35-9-11-43-12-10-35/h7-8,14,18-19,21,30-32,47H,6,9-13,15-17H2,1-5H3,(H,34,36)/b8-7-,30-26?,33-27+/t18-,19-,21-/m0/s1. The molecule has 280 valence electrons. The monoisotopic (exact) mass is 780 g/mol. The maximum atomic E-state index is 12.9. The van der Waals surface area contributed by atoms with Crippen LogP contribution in [0.15, 0.2) is 31.0 Å². The molecule has 3 atom stereocenters. The van der Waals surface area contributed by atoms with Crippen molar-refractivity contribution in [3.63, 3.8) is 0 Å². The van der Waals surface area contributed by atoms with Crippen molar-refractivity contribution < 1.29 is 50.2 Å². The molecule has 0 saturated carbocycles.